The van der Waals surface area contributed by atoms with Gasteiger partial charge in [-0.1, -0.05) is 36.4 Å². The van der Waals surface area contributed by atoms with Crippen LogP contribution in [-0.2, 0) is 24.4 Å². The van der Waals surface area contributed by atoms with Crippen molar-refractivity contribution < 1.29 is 14.7 Å². The summed E-state index contributed by atoms with van der Waals surface area (Å²) < 4.78 is 5.51. The van der Waals surface area contributed by atoms with Crippen molar-refractivity contribution in [3.05, 3.63) is 70.8 Å². The molecule has 2 aromatic carbocycles. The molecule has 0 spiro atoms. The molecule has 7 heteroatoms. The number of rotatable bonds is 7. The van der Waals surface area contributed by atoms with E-state index in [1.807, 2.05) is 12.1 Å². The van der Waals surface area contributed by atoms with Crippen molar-refractivity contribution in [3.63, 3.8) is 0 Å². The standard InChI is InChI=1S/C26H36N4O3/c1-20-15-29(17-22-7-9-23(10-8-22)26(31)27-32)16-21(2)30(20)19-25-6-4-3-5-24(25)18-28-11-13-33-14-12-28/h3-10,20-21,32H,11-19H2,1-2H3,(H,27,31). The Bertz CT molecular complexity index is 902. The summed E-state index contributed by atoms with van der Waals surface area (Å²) in [5.41, 5.74) is 6.17. The number of hydrogen-bond donors (Lipinski definition) is 2. The first kappa shape index (κ1) is 23.9. The van der Waals surface area contributed by atoms with Crippen LogP contribution in [0, 0.1) is 0 Å². The van der Waals surface area contributed by atoms with E-state index < -0.39 is 5.91 Å². The second-order valence-electron chi connectivity index (χ2n) is 9.36. The topological polar surface area (TPSA) is 68.3 Å². The van der Waals surface area contributed by atoms with E-state index in [2.05, 4.69) is 52.8 Å². The minimum atomic E-state index is -0.480. The maximum Gasteiger partial charge on any atom is 0.274 e. The van der Waals surface area contributed by atoms with E-state index in [-0.39, 0.29) is 0 Å². The fourth-order valence-electron chi connectivity index (χ4n) is 5.05. The van der Waals surface area contributed by atoms with Crippen molar-refractivity contribution in [1.82, 2.24) is 20.2 Å². The number of piperazine rings is 1. The number of carbonyl (C=O) groups excluding carboxylic acids is 1. The summed E-state index contributed by atoms with van der Waals surface area (Å²) in [6.45, 7) is 13.2. The van der Waals surface area contributed by atoms with E-state index in [0.29, 0.717) is 17.6 Å². The van der Waals surface area contributed by atoms with E-state index in [4.69, 9.17) is 9.94 Å². The average Bonchev–Trinajstić information content (AvgIpc) is 2.83. The zero-order chi connectivity index (χ0) is 23.2. The molecule has 7 nitrogen and oxygen atoms in total. The SMILES string of the molecule is CC1CN(Cc2ccc(C(=O)NO)cc2)CC(C)N1Cc1ccccc1CN1CCOCC1. The zero-order valence-corrected chi connectivity index (χ0v) is 19.7. The Morgan fingerprint density at radius 3 is 2.12 bits per heavy atom. The smallest absolute Gasteiger partial charge is 0.274 e. The highest BCUT2D eigenvalue weighted by Gasteiger charge is 2.30. The molecule has 2 unspecified atom stereocenters. The number of amides is 1. The highest BCUT2D eigenvalue weighted by Crippen LogP contribution is 2.23. The Labute approximate surface area is 196 Å². The monoisotopic (exact) mass is 452 g/mol. The van der Waals surface area contributed by atoms with Crippen molar-refractivity contribution in [1.29, 1.82) is 0 Å². The van der Waals surface area contributed by atoms with Gasteiger partial charge in [-0.3, -0.25) is 24.7 Å². The number of carbonyl (C=O) groups is 1. The van der Waals surface area contributed by atoms with Crippen molar-refractivity contribution in [3.8, 4) is 0 Å². The molecule has 1 amide bonds. The molecule has 4 rings (SSSR count). The Hall–Kier alpha value is -2.29. The molecule has 0 bridgehead atoms. The number of hydrogen-bond acceptors (Lipinski definition) is 6. The second-order valence-corrected chi connectivity index (χ2v) is 9.36. The first-order valence-corrected chi connectivity index (χ1v) is 11.9. The highest BCUT2D eigenvalue weighted by molar-refractivity contribution is 5.93. The van der Waals surface area contributed by atoms with Gasteiger partial charge < -0.3 is 4.74 Å². The number of ether oxygens (including phenoxy) is 1. The van der Waals surface area contributed by atoms with Crippen molar-refractivity contribution in [2.75, 3.05) is 39.4 Å². The molecule has 2 atom stereocenters. The van der Waals surface area contributed by atoms with Crippen molar-refractivity contribution in [2.45, 2.75) is 45.6 Å². The van der Waals surface area contributed by atoms with Gasteiger partial charge in [0, 0.05) is 63.5 Å². The van der Waals surface area contributed by atoms with Crippen LogP contribution >= 0.6 is 0 Å². The number of morpholine rings is 1. The number of nitrogens with one attached hydrogen (secondary N) is 1. The Balaban J connectivity index is 1.36. The van der Waals surface area contributed by atoms with E-state index in [0.717, 1.165) is 59.0 Å². The first-order valence-electron chi connectivity index (χ1n) is 11.9. The number of benzene rings is 2. The molecule has 0 aliphatic carbocycles. The van der Waals surface area contributed by atoms with Gasteiger partial charge in [-0.05, 0) is 42.7 Å². The first-order chi connectivity index (χ1) is 16.0. The molecule has 178 valence electrons. The third kappa shape index (κ3) is 6.19. The Morgan fingerprint density at radius 2 is 1.52 bits per heavy atom. The van der Waals surface area contributed by atoms with Crippen LogP contribution in [0.25, 0.3) is 0 Å². The average molecular weight is 453 g/mol. The van der Waals surface area contributed by atoms with Crippen molar-refractivity contribution in [2.24, 2.45) is 0 Å². The lowest BCUT2D eigenvalue weighted by molar-refractivity contribution is 0.0268. The van der Waals surface area contributed by atoms with Gasteiger partial charge in [0.2, 0.25) is 0 Å². The summed E-state index contributed by atoms with van der Waals surface area (Å²) in [4.78, 5) is 19.1. The summed E-state index contributed by atoms with van der Waals surface area (Å²) >= 11 is 0. The van der Waals surface area contributed by atoms with Gasteiger partial charge in [0.25, 0.3) is 5.91 Å². The van der Waals surface area contributed by atoms with Crippen molar-refractivity contribution >= 4 is 5.91 Å². The van der Waals surface area contributed by atoms with E-state index >= 15 is 0 Å². The van der Waals surface area contributed by atoms with Gasteiger partial charge in [-0.2, -0.15) is 0 Å². The molecule has 0 aromatic heterocycles. The zero-order valence-electron chi connectivity index (χ0n) is 19.7. The third-order valence-electron chi connectivity index (χ3n) is 6.87. The van der Waals surface area contributed by atoms with Crippen LogP contribution in [0.5, 0.6) is 0 Å². The molecule has 2 fully saturated rings. The third-order valence-corrected chi connectivity index (χ3v) is 6.87. The molecule has 0 radical (unpaired) electrons. The summed E-state index contributed by atoms with van der Waals surface area (Å²) in [6, 6.07) is 17.2. The van der Waals surface area contributed by atoms with Crippen LogP contribution in [0.4, 0.5) is 0 Å². The molecule has 2 heterocycles. The summed E-state index contributed by atoms with van der Waals surface area (Å²) in [6.07, 6.45) is 0. The number of hydroxylamine groups is 1. The quantitative estimate of drug-likeness (QED) is 0.497. The molecule has 2 saturated heterocycles. The lowest BCUT2D eigenvalue weighted by Crippen LogP contribution is -2.55. The molecule has 2 aliphatic rings. The minimum Gasteiger partial charge on any atom is -0.379 e. The summed E-state index contributed by atoms with van der Waals surface area (Å²) in [5, 5.41) is 8.79. The van der Waals surface area contributed by atoms with Crippen LogP contribution in [0.15, 0.2) is 48.5 Å². The van der Waals surface area contributed by atoms with Crippen LogP contribution < -0.4 is 5.48 Å². The molecular formula is C26H36N4O3. The maximum absolute atomic E-state index is 11.5. The fourth-order valence-corrected chi connectivity index (χ4v) is 5.05. The largest absolute Gasteiger partial charge is 0.379 e. The second kappa shape index (κ2) is 11.2. The highest BCUT2D eigenvalue weighted by atomic mass is 16.5. The molecule has 2 aliphatic heterocycles. The van der Waals surface area contributed by atoms with Gasteiger partial charge >= 0.3 is 0 Å². The molecular weight excluding hydrogens is 416 g/mol. The van der Waals surface area contributed by atoms with E-state index in [1.54, 1.807) is 17.6 Å². The lowest BCUT2D eigenvalue weighted by atomic mass is 10.0. The minimum absolute atomic E-state index is 0.449. The maximum atomic E-state index is 11.5. The molecule has 0 saturated carbocycles. The Kier molecular flexibility index (Phi) is 8.11. The van der Waals surface area contributed by atoms with E-state index in [9.17, 15) is 4.79 Å². The van der Waals surface area contributed by atoms with E-state index in [1.165, 1.54) is 16.7 Å². The molecule has 33 heavy (non-hydrogen) atoms. The molecule has 2 aromatic rings. The van der Waals surface area contributed by atoms with Gasteiger partial charge in [-0.15, -0.1) is 0 Å². The predicted molar refractivity (Wildman–Crippen MR) is 128 cm³/mol. The van der Waals surface area contributed by atoms with Crippen LogP contribution in [0.3, 0.4) is 0 Å². The molecule has 2 N–H and O–H groups in total. The van der Waals surface area contributed by atoms with Gasteiger partial charge in [-0.25, -0.2) is 5.48 Å². The van der Waals surface area contributed by atoms with Gasteiger partial charge in [0.05, 0.1) is 13.2 Å². The van der Waals surface area contributed by atoms with Crippen LogP contribution in [-0.4, -0.2) is 77.3 Å². The predicted octanol–water partition coefficient (Wildman–Crippen LogP) is 2.73. The Morgan fingerprint density at radius 1 is 0.909 bits per heavy atom. The van der Waals surface area contributed by atoms with Gasteiger partial charge in [0.1, 0.15) is 0 Å². The normalized spacial score (nSPS) is 22.9. The number of nitrogens with zero attached hydrogens (tertiary/aromatic N) is 3. The fraction of sp³-hybridized carbons (Fsp3) is 0.500. The van der Waals surface area contributed by atoms with Gasteiger partial charge in [0.15, 0.2) is 0 Å². The summed E-state index contributed by atoms with van der Waals surface area (Å²) in [7, 11) is 0. The lowest BCUT2D eigenvalue weighted by Gasteiger charge is -2.45. The van der Waals surface area contributed by atoms with Crippen LogP contribution in [0.2, 0.25) is 0 Å². The van der Waals surface area contributed by atoms with Crippen LogP contribution in [0.1, 0.15) is 40.9 Å². The summed E-state index contributed by atoms with van der Waals surface area (Å²) in [5.74, 6) is -0.480.